The Kier molecular flexibility index (Phi) is 5.53. The number of rotatable bonds is 6. The quantitative estimate of drug-likeness (QED) is 0.664. The largest absolute Gasteiger partial charge is 0.351 e. The zero-order valence-corrected chi connectivity index (χ0v) is 16.2. The minimum Gasteiger partial charge on any atom is -0.351 e. The van der Waals surface area contributed by atoms with Gasteiger partial charge in [-0.25, -0.2) is 9.97 Å². The van der Waals surface area contributed by atoms with E-state index in [0.717, 1.165) is 56.0 Å². The molecule has 1 aliphatic rings. The number of para-hydroxylation sites is 1. The number of nitrogens with zero attached hydrogens (tertiary/aromatic N) is 5. The summed E-state index contributed by atoms with van der Waals surface area (Å²) in [5.41, 5.74) is 1.78. The molecule has 7 heteroatoms. The first-order valence-electron chi connectivity index (χ1n) is 9.79. The molecule has 4 rings (SSSR count). The maximum absolute atomic E-state index is 12.5. The van der Waals surface area contributed by atoms with E-state index in [4.69, 9.17) is 0 Å². The molecule has 1 aromatic carbocycles. The predicted octanol–water partition coefficient (Wildman–Crippen LogP) is 1.91. The van der Waals surface area contributed by atoms with Crippen molar-refractivity contribution in [2.24, 2.45) is 7.05 Å². The molecule has 3 heterocycles. The number of aromatic nitrogens is 3. The van der Waals surface area contributed by atoms with Crippen LogP contribution < -0.4 is 10.2 Å². The van der Waals surface area contributed by atoms with Gasteiger partial charge in [-0.2, -0.15) is 0 Å². The summed E-state index contributed by atoms with van der Waals surface area (Å²) in [5.74, 6) is 0.800. The fourth-order valence-electron chi connectivity index (χ4n) is 3.73. The molecule has 2 aromatic heterocycles. The highest BCUT2D eigenvalue weighted by Gasteiger charge is 2.18. The highest BCUT2D eigenvalue weighted by Crippen LogP contribution is 2.18. The van der Waals surface area contributed by atoms with Crippen LogP contribution in [0.15, 0.2) is 48.8 Å². The summed E-state index contributed by atoms with van der Waals surface area (Å²) >= 11 is 0. The van der Waals surface area contributed by atoms with E-state index >= 15 is 0 Å². The maximum Gasteiger partial charge on any atom is 0.267 e. The Bertz CT molecular complexity index is 930. The third-order valence-electron chi connectivity index (χ3n) is 5.33. The number of aryl methyl sites for hydroxylation is 1. The molecule has 0 spiro atoms. The lowest BCUT2D eigenvalue weighted by Gasteiger charge is -2.34. The van der Waals surface area contributed by atoms with Gasteiger partial charge in [-0.05, 0) is 31.2 Å². The summed E-state index contributed by atoms with van der Waals surface area (Å²) in [7, 11) is 1.94. The second-order valence-electron chi connectivity index (χ2n) is 7.13. The summed E-state index contributed by atoms with van der Waals surface area (Å²) in [6, 6.07) is 11.8. The van der Waals surface area contributed by atoms with E-state index < -0.39 is 0 Å². The van der Waals surface area contributed by atoms with Gasteiger partial charge in [-0.15, -0.1) is 0 Å². The minimum absolute atomic E-state index is 0.00949. The lowest BCUT2D eigenvalue weighted by atomic mass is 10.2. The lowest BCUT2D eigenvalue weighted by molar-refractivity contribution is 0.0943. The van der Waals surface area contributed by atoms with E-state index in [-0.39, 0.29) is 5.91 Å². The van der Waals surface area contributed by atoms with Gasteiger partial charge < -0.3 is 14.8 Å². The summed E-state index contributed by atoms with van der Waals surface area (Å²) < 4.78 is 1.95. The van der Waals surface area contributed by atoms with E-state index in [1.165, 1.54) is 0 Å². The van der Waals surface area contributed by atoms with Crippen molar-refractivity contribution in [1.29, 1.82) is 0 Å². The monoisotopic (exact) mass is 378 g/mol. The van der Waals surface area contributed by atoms with E-state index in [1.54, 1.807) is 12.4 Å². The molecule has 0 atom stereocenters. The highest BCUT2D eigenvalue weighted by atomic mass is 16.1. The van der Waals surface area contributed by atoms with Crippen LogP contribution >= 0.6 is 0 Å². The Hall–Kier alpha value is -2.93. The van der Waals surface area contributed by atoms with Crippen LogP contribution in [0.3, 0.4) is 0 Å². The van der Waals surface area contributed by atoms with E-state index in [0.29, 0.717) is 12.2 Å². The fourth-order valence-corrected chi connectivity index (χ4v) is 3.73. The molecule has 0 saturated carbocycles. The molecule has 146 valence electrons. The Balaban J connectivity index is 1.21. The van der Waals surface area contributed by atoms with Crippen LogP contribution in [-0.4, -0.2) is 64.6 Å². The van der Waals surface area contributed by atoms with Crippen LogP contribution in [0.2, 0.25) is 0 Å². The second kappa shape index (κ2) is 8.39. The number of benzene rings is 1. The van der Waals surface area contributed by atoms with Crippen molar-refractivity contribution >= 4 is 22.8 Å². The molecule has 7 nitrogen and oxygen atoms in total. The summed E-state index contributed by atoms with van der Waals surface area (Å²) in [5, 5.41) is 4.15. The number of nitrogens with one attached hydrogen (secondary N) is 1. The summed E-state index contributed by atoms with van der Waals surface area (Å²) in [6.07, 6.45) is 4.51. The molecule has 1 N–H and O–H groups in total. The minimum atomic E-state index is -0.00949. The Morgan fingerprint density at radius 3 is 2.57 bits per heavy atom. The summed E-state index contributed by atoms with van der Waals surface area (Å²) in [4.78, 5) is 25.8. The number of hydrogen-bond donors (Lipinski definition) is 1. The van der Waals surface area contributed by atoms with E-state index in [2.05, 4.69) is 25.1 Å². The Morgan fingerprint density at radius 1 is 1.07 bits per heavy atom. The average Bonchev–Trinajstić information content (AvgIpc) is 3.09. The number of fused-ring (bicyclic) bond motifs is 1. The molecule has 0 aliphatic carbocycles. The van der Waals surface area contributed by atoms with Crippen LogP contribution in [0.4, 0.5) is 5.95 Å². The molecular weight excluding hydrogens is 352 g/mol. The molecule has 1 fully saturated rings. The van der Waals surface area contributed by atoms with Crippen molar-refractivity contribution in [3.63, 3.8) is 0 Å². The first-order valence-corrected chi connectivity index (χ1v) is 9.79. The molecule has 1 amide bonds. The standard InChI is InChI=1S/C21H26N6O/c1-25-18-7-3-2-6-17(18)16-19(25)20(28)22-10-5-11-26-12-14-27(15-13-26)21-23-8-4-9-24-21/h2-4,6-9,16H,5,10-15H2,1H3,(H,22,28). The smallest absolute Gasteiger partial charge is 0.267 e. The molecule has 0 radical (unpaired) electrons. The zero-order valence-electron chi connectivity index (χ0n) is 16.2. The van der Waals surface area contributed by atoms with E-state index in [1.807, 2.05) is 48.0 Å². The number of carbonyl (C=O) groups is 1. The second-order valence-corrected chi connectivity index (χ2v) is 7.13. The Labute approximate surface area is 165 Å². The molecule has 1 aliphatic heterocycles. The molecule has 1 saturated heterocycles. The van der Waals surface area contributed by atoms with Gasteiger partial charge in [0.25, 0.3) is 5.91 Å². The maximum atomic E-state index is 12.5. The van der Waals surface area contributed by atoms with Crippen molar-refractivity contribution in [3.05, 3.63) is 54.5 Å². The van der Waals surface area contributed by atoms with Crippen molar-refractivity contribution in [2.75, 3.05) is 44.2 Å². The molecular formula is C21H26N6O. The SMILES string of the molecule is Cn1c(C(=O)NCCCN2CCN(c3ncccn3)CC2)cc2ccccc21. The van der Waals surface area contributed by atoms with Crippen LogP contribution in [-0.2, 0) is 7.05 Å². The fraction of sp³-hybridized carbons (Fsp3) is 0.381. The van der Waals surface area contributed by atoms with E-state index in [9.17, 15) is 4.79 Å². The topological polar surface area (TPSA) is 66.3 Å². The number of carbonyl (C=O) groups excluding carboxylic acids is 1. The van der Waals surface area contributed by atoms with Gasteiger partial charge in [-0.1, -0.05) is 18.2 Å². The van der Waals surface area contributed by atoms with Crippen LogP contribution in [0.25, 0.3) is 10.9 Å². The van der Waals surface area contributed by atoms with Gasteiger partial charge in [0.05, 0.1) is 0 Å². The van der Waals surface area contributed by atoms with Crippen molar-refractivity contribution in [3.8, 4) is 0 Å². The van der Waals surface area contributed by atoms with Gasteiger partial charge >= 0.3 is 0 Å². The van der Waals surface area contributed by atoms with Crippen LogP contribution in [0.1, 0.15) is 16.9 Å². The van der Waals surface area contributed by atoms with Gasteiger partial charge in [0.2, 0.25) is 5.95 Å². The average molecular weight is 378 g/mol. The molecule has 0 bridgehead atoms. The zero-order chi connectivity index (χ0) is 19.3. The predicted molar refractivity (Wildman–Crippen MR) is 111 cm³/mol. The third-order valence-corrected chi connectivity index (χ3v) is 5.33. The third kappa shape index (κ3) is 3.99. The Morgan fingerprint density at radius 2 is 1.82 bits per heavy atom. The highest BCUT2D eigenvalue weighted by molar-refractivity contribution is 5.98. The first-order chi connectivity index (χ1) is 13.7. The number of amides is 1. The first kappa shape index (κ1) is 18.4. The van der Waals surface area contributed by atoms with Crippen LogP contribution in [0, 0.1) is 0 Å². The number of piperazine rings is 1. The normalized spacial score (nSPS) is 15.1. The van der Waals surface area contributed by atoms with Crippen molar-refractivity contribution in [1.82, 2.24) is 24.8 Å². The van der Waals surface area contributed by atoms with Crippen LogP contribution in [0.5, 0.6) is 0 Å². The molecule has 3 aromatic rings. The number of hydrogen-bond acceptors (Lipinski definition) is 5. The van der Waals surface area contributed by atoms with Gasteiger partial charge in [0, 0.05) is 63.1 Å². The van der Waals surface area contributed by atoms with Crippen molar-refractivity contribution in [2.45, 2.75) is 6.42 Å². The van der Waals surface area contributed by atoms with Gasteiger partial charge in [0.1, 0.15) is 5.69 Å². The number of anilines is 1. The van der Waals surface area contributed by atoms with Gasteiger partial charge in [-0.3, -0.25) is 9.69 Å². The lowest BCUT2D eigenvalue weighted by Crippen LogP contribution is -2.47. The molecule has 0 unspecified atom stereocenters. The van der Waals surface area contributed by atoms with Gasteiger partial charge in [0.15, 0.2) is 0 Å². The molecule has 28 heavy (non-hydrogen) atoms. The van der Waals surface area contributed by atoms with Crippen molar-refractivity contribution < 1.29 is 4.79 Å². The summed E-state index contributed by atoms with van der Waals surface area (Å²) in [6.45, 7) is 5.53.